The van der Waals surface area contributed by atoms with E-state index < -0.39 is 0 Å². The van der Waals surface area contributed by atoms with E-state index in [0.29, 0.717) is 6.42 Å². The van der Waals surface area contributed by atoms with Gasteiger partial charge in [0.25, 0.3) is 0 Å². The third-order valence-electron chi connectivity index (χ3n) is 3.50. The van der Waals surface area contributed by atoms with Crippen LogP contribution in [0.2, 0.25) is 0 Å². The lowest BCUT2D eigenvalue weighted by Crippen LogP contribution is -2.14. The fourth-order valence-corrected chi connectivity index (χ4v) is 3.41. The van der Waals surface area contributed by atoms with Crippen molar-refractivity contribution in [3.8, 4) is 11.3 Å². The summed E-state index contributed by atoms with van der Waals surface area (Å²) in [7, 11) is 0. The lowest BCUT2D eigenvalue weighted by Gasteiger charge is -2.04. The molecule has 23 heavy (non-hydrogen) atoms. The molecule has 0 saturated carbocycles. The minimum absolute atomic E-state index is 0.0380. The number of thiazole rings is 1. The molecule has 3 rings (SSSR count). The number of carbonyl (C=O) groups excluding carboxylic acids is 1. The quantitative estimate of drug-likeness (QED) is 0.762. The molecule has 1 aromatic heterocycles. The monoisotopic (exact) mass is 322 g/mol. The van der Waals surface area contributed by atoms with Crippen molar-refractivity contribution < 1.29 is 4.79 Å². The average molecular weight is 322 g/mol. The third kappa shape index (κ3) is 3.85. The predicted molar refractivity (Wildman–Crippen MR) is 95.8 cm³/mol. The van der Waals surface area contributed by atoms with Crippen molar-refractivity contribution in [3.05, 3.63) is 70.0 Å². The highest BCUT2D eigenvalue weighted by Crippen LogP contribution is 2.27. The van der Waals surface area contributed by atoms with Crippen LogP contribution in [0.1, 0.15) is 15.4 Å². The maximum atomic E-state index is 12.2. The summed E-state index contributed by atoms with van der Waals surface area (Å²) in [4.78, 5) is 18.0. The van der Waals surface area contributed by atoms with Gasteiger partial charge in [0.2, 0.25) is 5.91 Å². The van der Waals surface area contributed by atoms with Crippen LogP contribution in [0.15, 0.2) is 54.6 Å². The molecule has 0 unspecified atom stereocenters. The summed E-state index contributed by atoms with van der Waals surface area (Å²) >= 11 is 1.58. The Morgan fingerprint density at radius 1 is 1.09 bits per heavy atom. The molecular formula is C19H18N2OS. The maximum absolute atomic E-state index is 12.2. The Morgan fingerprint density at radius 2 is 1.87 bits per heavy atom. The number of nitrogens with zero attached hydrogens (tertiary/aromatic N) is 1. The molecule has 1 heterocycles. The van der Waals surface area contributed by atoms with Gasteiger partial charge in [0.05, 0.1) is 12.1 Å². The van der Waals surface area contributed by atoms with Gasteiger partial charge in [-0.2, -0.15) is 0 Å². The zero-order chi connectivity index (χ0) is 16.2. The van der Waals surface area contributed by atoms with E-state index in [4.69, 9.17) is 0 Å². The number of hydrogen-bond acceptors (Lipinski definition) is 3. The first kappa shape index (κ1) is 15.4. The van der Waals surface area contributed by atoms with Gasteiger partial charge in [-0.15, -0.1) is 11.3 Å². The molecule has 0 saturated heterocycles. The fraction of sp³-hybridized carbons (Fsp3) is 0.158. The van der Waals surface area contributed by atoms with E-state index in [9.17, 15) is 4.79 Å². The molecule has 3 aromatic rings. The second kappa shape index (κ2) is 6.75. The second-order valence-corrected chi connectivity index (χ2v) is 6.76. The predicted octanol–water partition coefficient (Wildman–Crippen LogP) is 4.61. The van der Waals surface area contributed by atoms with Crippen LogP contribution in [0.4, 0.5) is 5.69 Å². The number of anilines is 1. The Hall–Kier alpha value is -2.46. The molecular weight excluding hydrogens is 304 g/mol. The van der Waals surface area contributed by atoms with Crippen molar-refractivity contribution in [2.45, 2.75) is 20.3 Å². The van der Waals surface area contributed by atoms with Crippen LogP contribution in [0, 0.1) is 13.8 Å². The number of carbonyl (C=O) groups is 1. The molecule has 0 aliphatic carbocycles. The minimum Gasteiger partial charge on any atom is -0.326 e. The highest BCUT2D eigenvalue weighted by atomic mass is 32.1. The Labute approximate surface area is 140 Å². The lowest BCUT2D eigenvalue weighted by molar-refractivity contribution is -0.115. The van der Waals surface area contributed by atoms with Crippen LogP contribution in [0.25, 0.3) is 11.3 Å². The minimum atomic E-state index is -0.0380. The van der Waals surface area contributed by atoms with Crippen molar-refractivity contribution in [2.24, 2.45) is 0 Å². The molecule has 0 fully saturated rings. The van der Waals surface area contributed by atoms with Crippen LogP contribution in [0.5, 0.6) is 0 Å². The molecule has 0 bridgehead atoms. The highest BCUT2D eigenvalue weighted by Gasteiger charge is 2.12. The van der Waals surface area contributed by atoms with Gasteiger partial charge in [-0.25, -0.2) is 4.98 Å². The SMILES string of the molecule is Cc1cccc(NC(=O)Cc2nc(-c3ccccc3)c(C)s2)c1. The average Bonchev–Trinajstić information content (AvgIpc) is 2.88. The van der Waals surface area contributed by atoms with Crippen molar-refractivity contribution >= 4 is 22.9 Å². The van der Waals surface area contributed by atoms with Crippen LogP contribution in [-0.2, 0) is 11.2 Å². The van der Waals surface area contributed by atoms with Crippen LogP contribution in [-0.4, -0.2) is 10.9 Å². The standard InChI is InChI=1S/C19H18N2OS/c1-13-7-6-10-16(11-13)20-17(22)12-18-21-19(14(2)23-18)15-8-4-3-5-9-15/h3-11H,12H2,1-2H3,(H,20,22). The van der Waals surface area contributed by atoms with Crippen LogP contribution < -0.4 is 5.32 Å². The molecule has 0 aliphatic heterocycles. The summed E-state index contributed by atoms with van der Waals surface area (Å²) in [6.45, 7) is 4.05. The first-order valence-electron chi connectivity index (χ1n) is 7.50. The van der Waals surface area contributed by atoms with Gasteiger partial charge < -0.3 is 5.32 Å². The molecule has 0 radical (unpaired) electrons. The molecule has 0 aliphatic rings. The molecule has 1 amide bonds. The number of rotatable bonds is 4. The summed E-state index contributed by atoms with van der Waals surface area (Å²) in [5.74, 6) is -0.0380. The summed E-state index contributed by atoms with van der Waals surface area (Å²) in [5.41, 5.74) is 4.01. The van der Waals surface area contributed by atoms with Crippen molar-refractivity contribution in [3.63, 3.8) is 0 Å². The molecule has 1 N–H and O–H groups in total. The normalized spacial score (nSPS) is 10.5. The number of aromatic nitrogens is 1. The Kier molecular flexibility index (Phi) is 4.53. The van der Waals surface area contributed by atoms with E-state index in [1.54, 1.807) is 11.3 Å². The van der Waals surface area contributed by atoms with Crippen molar-refractivity contribution in [1.82, 2.24) is 4.98 Å². The van der Waals surface area contributed by atoms with Crippen LogP contribution in [0.3, 0.4) is 0 Å². The number of hydrogen-bond donors (Lipinski definition) is 1. The molecule has 116 valence electrons. The summed E-state index contributed by atoms with van der Waals surface area (Å²) in [6.07, 6.45) is 0.298. The molecule has 4 heteroatoms. The highest BCUT2D eigenvalue weighted by molar-refractivity contribution is 7.12. The summed E-state index contributed by atoms with van der Waals surface area (Å²) in [5, 5.41) is 3.77. The van der Waals surface area contributed by atoms with E-state index in [-0.39, 0.29) is 5.91 Å². The van der Waals surface area contributed by atoms with E-state index in [0.717, 1.165) is 32.4 Å². The molecule has 3 nitrogen and oxygen atoms in total. The van der Waals surface area contributed by atoms with E-state index in [1.165, 1.54) is 0 Å². The van der Waals surface area contributed by atoms with Gasteiger partial charge in [0.1, 0.15) is 5.01 Å². The maximum Gasteiger partial charge on any atom is 0.231 e. The first-order chi connectivity index (χ1) is 11.1. The van der Waals surface area contributed by atoms with Gasteiger partial charge in [-0.3, -0.25) is 4.79 Å². The topological polar surface area (TPSA) is 42.0 Å². The molecule has 0 atom stereocenters. The second-order valence-electron chi connectivity index (χ2n) is 5.47. The van der Waals surface area contributed by atoms with Crippen molar-refractivity contribution in [2.75, 3.05) is 5.32 Å². The Bertz CT molecular complexity index is 824. The zero-order valence-electron chi connectivity index (χ0n) is 13.2. The summed E-state index contributed by atoms with van der Waals surface area (Å²) < 4.78 is 0. The lowest BCUT2D eigenvalue weighted by atomic mass is 10.1. The van der Waals surface area contributed by atoms with Gasteiger partial charge in [-0.1, -0.05) is 42.5 Å². The van der Waals surface area contributed by atoms with Crippen LogP contribution >= 0.6 is 11.3 Å². The van der Waals surface area contributed by atoms with Gasteiger partial charge in [0.15, 0.2) is 0 Å². The number of aryl methyl sites for hydroxylation is 2. The number of benzene rings is 2. The third-order valence-corrected chi connectivity index (χ3v) is 4.47. The van der Waals surface area contributed by atoms with Crippen molar-refractivity contribution in [1.29, 1.82) is 0 Å². The smallest absolute Gasteiger partial charge is 0.231 e. The number of nitrogens with one attached hydrogen (secondary N) is 1. The number of amides is 1. The fourth-order valence-electron chi connectivity index (χ4n) is 2.46. The summed E-state index contributed by atoms with van der Waals surface area (Å²) in [6, 6.07) is 17.9. The van der Waals surface area contributed by atoms with Gasteiger partial charge in [0, 0.05) is 16.1 Å². The van der Waals surface area contributed by atoms with Gasteiger partial charge >= 0.3 is 0 Å². The Balaban J connectivity index is 1.72. The molecule has 2 aromatic carbocycles. The van der Waals surface area contributed by atoms with E-state index in [2.05, 4.69) is 10.3 Å². The largest absolute Gasteiger partial charge is 0.326 e. The first-order valence-corrected chi connectivity index (χ1v) is 8.32. The van der Waals surface area contributed by atoms with Gasteiger partial charge in [-0.05, 0) is 31.5 Å². The van der Waals surface area contributed by atoms with E-state index >= 15 is 0 Å². The Morgan fingerprint density at radius 3 is 2.61 bits per heavy atom. The zero-order valence-corrected chi connectivity index (χ0v) is 14.0. The molecule has 0 spiro atoms. The van der Waals surface area contributed by atoms with E-state index in [1.807, 2.05) is 68.4 Å².